The maximum Gasteiger partial charge on any atom is 0.321 e. The fraction of sp³-hybridized carbons (Fsp3) is 0.250. The molecule has 1 saturated heterocycles. The summed E-state index contributed by atoms with van der Waals surface area (Å²) in [5.41, 5.74) is 2.30. The maximum absolute atomic E-state index is 13.7. The first kappa shape index (κ1) is 17.2. The van der Waals surface area contributed by atoms with Crippen LogP contribution in [-0.2, 0) is 6.54 Å². The van der Waals surface area contributed by atoms with Crippen LogP contribution in [0.5, 0.6) is 0 Å². The zero-order chi connectivity index (χ0) is 18.8. The van der Waals surface area contributed by atoms with Gasteiger partial charge in [0, 0.05) is 55.4 Å². The normalized spacial score (nSPS) is 14.1. The van der Waals surface area contributed by atoms with Crippen LogP contribution in [0.2, 0.25) is 0 Å². The van der Waals surface area contributed by atoms with Crippen LogP contribution in [0.1, 0.15) is 5.69 Å². The number of hydrogen-bond donors (Lipinski definition) is 1. The lowest BCUT2D eigenvalue weighted by Crippen LogP contribution is -2.53. The van der Waals surface area contributed by atoms with Gasteiger partial charge in [-0.3, -0.25) is 4.98 Å². The van der Waals surface area contributed by atoms with Crippen LogP contribution in [0.4, 0.5) is 14.9 Å². The summed E-state index contributed by atoms with van der Waals surface area (Å²) < 4.78 is 15.8. The number of pyridine rings is 1. The van der Waals surface area contributed by atoms with Gasteiger partial charge < -0.3 is 14.8 Å². The van der Waals surface area contributed by atoms with Gasteiger partial charge in [-0.05, 0) is 31.2 Å². The quantitative estimate of drug-likeness (QED) is 0.769. The number of nitrogens with zero attached hydrogens (tertiary/aromatic N) is 4. The molecule has 0 radical (unpaired) electrons. The number of imidazole rings is 1. The van der Waals surface area contributed by atoms with E-state index < -0.39 is 5.82 Å². The molecule has 0 unspecified atom stereocenters. The van der Waals surface area contributed by atoms with Crippen molar-refractivity contribution in [3.63, 3.8) is 0 Å². The predicted octanol–water partition coefficient (Wildman–Crippen LogP) is 3.56. The summed E-state index contributed by atoms with van der Waals surface area (Å²) in [6, 6.07) is 9.78. The number of carbonyl (C=O) groups excluding carboxylic acids is 1. The molecular formula is C20H20FN5O. The average molecular weight is 365 g/mol. The van der Waals surface area contributed by atoms with Crippen molar-refractivity contribution in [1.82, 2.24) is 19.4 Å². The molecular weight excluding hydrogens is 345 g/mol. The predicted molar refractivity (Wildman–Crippen MR) is 101 cm³/mol. The molecule has 1 fully saturated rings. The van der Waals surface area contributed by atoms with Crippen molar-refractivity contribution in [2.45, 2.75) is 13.5 Å². The Hall–Kier alpha value is -3.22. The third-order valence-corrected chi connectivity index (χ3v) is 4.79. The molecule has 1 aromatic carbocycles. The van der Waals surface area contributed by atoms with E-state index in [0.717, 1.165) is 23.6 Å². The van der Waals surface area contributed by atoms with Crippen molar-refractivity contribution in [2.24, 2.45) is 5.92 Å². The summed E-state index contributed by atoms with van der Waals surface area (Å²) in [4.78, 5) is 22.5. The molecule has 138 valence electrons. The number of aryl methyl sites for hydroxylation is 1. The molecule has 3 aromatic rings. The van der Waals surface area contributed by atoms with Crippen molar-refractivity contribution in [1.29, 1.82) is 0 Å². The molecule has 4 rings (SSSR count). The SMILES string of the molecule is Cc1cnc(-c2ccncc2)n1CC1CN(C(=O)Nc2ccccc2F)C1. The van der Waals surface area contributed by atoms with E-state index in [1.54, 1.807) is 35.5 Å². The van der Waals surface area contributed by atoms with Crippen molar-refractivity contribution in [3.8, 4) is 11.4 Å². The molecule has 7 heteroatoms. The summed E-state index contributed by atoms with van der Waals surface area (Å²) in [5, 5.41) is 2.63. The van der Waals surface area contributed by atoms with E-state index in [0.29, 0.717) is 19.0 Å². The highest BCUT2D eigenvalue weighted by Crippen LogP contribution is 2.25. The molecule has 1 aliphatic heterocycles. The average Bonchev–Trinajstić information content (AvgIpc) is 3.01. The Balaban J connectivity index is 1.38. The van der Waals surface area contributed by atoms with Crippen molar-refractivity contribution in [2.75, 3.05) is 18.4 Å². The number of benzene rings is 1. The highest BCUT2D eigenvalue weighted by Gasteiger charge is 2.32. The highest BCUT2D eigenvalue weighted by molar-refractivity contribution is 5.89. The van der Waals surface area contributed by atoms with Crippen LogP contribution in [0.25, 0.3) is 11.4 Å². The summed E-state index contributed by atoms with van der Waals surface area (Å²) in [7, 11) is 0. The number of aromatic nitrogens is 3. The minimum Gasteiger partial charge on any atom is -0.328 e. The van der Waals surface area contributed by atoms with Gasteiger partial charge in [-0.25, -0.2) is 14.2 Å². The lowest BCUT2D eigenvalue weighted by molar-refractivity contribution is 0.120. The number of likely N-dealkylation sites (tertiary alicyclic amines) is 1. The topological polar surface area (TPSA) is 63.1 Å². The zero-order valence-corrected chi connectivity index (χ0v) is 15.0. The highest BCUT2D eigenvalue weighted by atomic mass is 19.1. The summed E-state index contributed by atoms with van der Waals surface area (Å²) in [5.74, 6) is 0.813. The molecule has 27 heavy (non-hydrogen) atoms. The number of nitrogens with one attached hydrogen (secondary N) is 1. The van der Waals surface area contributed by atoms with Gasteiger partial charge in [0.05, 0.1) is 5.69 Å². The Morgan fingerprint density at radius 2 is 1.96 bits per heavy atom. The summed E-state index contributed by atoms with van der Waals surface area (Å²) in [6.45, 7) is 4.08. The molecule has 3 heterocycles. The summed E-state index contributed by atoms with van der Waals surface area (Å²) >= 11 is 0. The second-order valence-corrected chi connectivity index (χ2v) is 6.75. The van der Waals surface area contributed by atoms with Gasteiger partial charge in [-0.15, -0.1) is 0 Å². The number of urea groups is 1. The Morgan fingerprint density at radius 1 is 1.22 bits per heavy atom. The minimum atomic E-state index is -0.432. The van der Waals surface area contributed by atoms with E-state index in [2.05, 4.69) is 19.9 Å². The molecule has 0 atom stereocenters. The first-order valence-corrected chi connectivity index (χ1v) is 8.85. The number of carbonyl (C=O) groups is 1. The fourth-order valence-electron chi connectivity index (χ4n) is 3.29. The molecule has 0 bridgehead atoms. The van der Waals surface area contributed by atoms with E-state index in [-0.39, 0.29) is 11.7 Å². The van der Waals surface area contributed by atoms with Crippen LogP contribution in [0.15, 0.2) is 55.0 Å². The van der Waals surface area contributed by atoms with Crippen molar-refractivity contribution in [3.05, 3.63) is 66.5 Å². The monoisotopic (exact) mass is 365 g/mol. The molecule has 1 N–H and O–H groups in total. The third-order valence-electron chi connectivity index (χ3n) is 4.79. The number of halogens is 1. The molecule has 1 aliphatic rings. The van der Waals surface area contributed by atoms with Gasteiger partial charge in [0.15, 0.2) is 0 Å². The Labute approximate surface area is 156 Å². The number of para-hydroxylation sites is 1. The number of rotatable bonds is 4. The van der Waals surface area contributed by atoms with Gasteiger partial charge in [-0.1, -0.05) is 12.1 Å². The smallest absolute Gasteiger partial charge is 0.321 e. The Morgan fingerprint density at radius 3 is 2.70 bits per heavy atom. The van der Waals surface area contributed by atoms with E-state index in [4.69, 9.17) is 0 Å². The van der Waals surface area contributed by atoms with Gasteiger partial charge in [0.2, 0.25) is 0 Å². The lowest BCUT2D eigenvalue weighted by atomic mass is 10.0. The second kappa shape index (κ2) is 7.19. The second-order valence-electron chi connectivity index (χ2n) is 6.75. The van der Waals surface area contributed by atoms with Gasteiger partial charge in [0.25, 0.3) is 0 Å². The van der Waals surface area contributed by atoms with E-state index in [9.17, 15) is 9.18 Å². The molecule has 6 nitrogen and oxygen atoms in total. The summed E-state index contributed by atoms with van der Waals surface area (Å²) in [6.07, 6.45) is 5.36. The minimum absolute atomic E-state index is 0.205. The maximum atomic E-state index is 13.7. The van der Waals surface area contributed by atoms with Crippen LogP contribution in [0.3, 0.4) is 0 Å². The van der Waals surface area contributed by atoms with Gasteiger partial charge in [-0.2, -0.15) is 0 Å². The van der Waals surface area contributed by atoms with Crippen molar-refractivity contribution >= 4 is 11.7 Å². The van der Waals surface area contributed by atoms with Crippen molar-refractivity contribution < 1.29 is 9.18 Å². The van der Waals surface area contributed by atoms with Crippen LogP contribution >= 0.6 is 0 Å². The number of hydrogen-bond acceptors (Lipinski definition) is 3. The van der Waals surface area contributed by atoms with Crippen LogP contribution < -0.4 is 5.32 Å². The molecule has 0 spiro atoms. The standard InChI is InChI=1S/C20H20FN5O/c1-14-10-23-19(16-6-8-22-9-7-16)26(14)13-15-11-25(12-15)20(27)24-18-5-3-2-4-17(18)21/h2-10,15H,11-13H2,1H3,(H,24,27). The lowest BCUT2D eigenvalue weighted by Gasteiger charge is -2.39. The van der Waals surface area contributed by atoms with E-state index in [1.807, 2.05) is 25.3 Å². The van der Waals surface area contributed by atoms with Crippen LogP contribution in [0, 0.1) is 18.7 Å². The molecule has 0 aliphatic carbocycles. The molecule has 2 amide bonds. The third kappa shape index (κ3) is 3.53. The Bertz CT molecular complexity index is 950. The first-order chi connectivity index (χ1) is 13.1. The van der Waals surface area contributed by atoms with Crippen LogP contribution in [-0.4, -0.2) is 38.6 Å². The van der Waals surface area contributed by atoms with Gasteiger partial charge in [0.1, 0.15) is 11.6 Å². The van der Waals surface area contributed by atoms with E-state index in [1.165, 1.54) is 6.07 Å². The van der Waals surface area contributed by atoms with Gasteiger partial charge >= 0.3 is 6.03 Å². The van der Waals surface area contributed by atoms with E-state index >= 15 is 0 Å². The fourth-order valence-corrected chi connectivity index (χ4v) is 3.29. The Kier molecular flexibility index (Phi) is 4.58. The molecule has 0 saturated carbocycles. The zero-order valence-electron chi connectivity index (χ0n) is 15.0. The number of anilines is 1. The first-order valence-electron chi connectivity index (χ1n) is 8.85. The molecule has 2 aromatic heterocycles. The largest absolute Gasteiger partial charge is 0.328 e. The number of amides is 2.